The fourth-order valence-electron chi connectivity index (χ4n) is 3.37. The van der Waals surface area contributed by atoms with E-state index in [0.717, 1.165) is 48.4 Å². The van der Waals surface area contributed by atoms with Crippen LogP contribution in [0.4, 0.5) is 5.69 Å². The van der Waals surface area contributed by atoms with E-state index in [0.29, 0.717) is 5.92 Å². The van der Waals surface area contributed by atoms with Crippen LogP contribution in [0, 0.1) is 5.92 Å². The smallest absolute Gasteiger partial charge is 0.138 e. The van der Waals surface area contributed by atoms with Crippen molar-refractivity contribution in [1.29, 1.82) is 0 Å². The SMILES string of the molecule is Cn1ccnc1[C@@H]1OCCC[C@H]1CNc1ccnc2ccncc12. The Morgan fingerprint density at radius 1 is 1.25 bits per heavy atom. The van der Waals surface area contributed by atoms with Gasteiger partial charge in [-0.2, -0.15) is 0 Å². The van der Waals surface area contributed by atoms with Crippen molar-refractivity contribution in [1.82, 2.24) is 19.5 Å². The Hall–Kier alpha value is -2.47. The Morgan fingerprint density at radius 2 is 2.21 bits per heavy atom. The molecule has 4 heterocycles. The number of fused-ring (bicyclic) bond motifs is 1. The Kier molecular flexibility index (Phi) is 4.13. The monoisotopic (exact) mass is 323 g/mol. The van der Waals surface area contributed by atoms with Gasteiger partial charge in [-0.05, 0) is 25.0 Å². The number of hydrogen-bond donors (Lipinski definition) is 1. The zero-order valence-corrected chi connectivity index (χ0v) is 13.7. The molecule has 6 nitrogen and oxygen atoms in total. The number of aryl methyl sites for hydroxylation is 1. The maximum absolute atomic E-state index is 6.04. The van der Waals surface area contributed by atoms with Gasteiger partial charge in [0.15, 0.2) is 0 Å². The first-order valence-electron chi connectivity index (χ1n) is 8.34. The molecular weight excluding hydrogens is 302 g/mol. The van der Waals surface area contributed by atoms with E-state index in [1.165, 1.54) is 0 Å². The van der Waals surface area contributed by atoms with E-state index >= 15 is 0 Å². The van der Waals surface area contributed by atoms with Gasteiger partial charge in [0.25, 0.3) is 0 Å². The number of anilines is 1. The van der Waals surface area contributed by atoms with Crippen LogP contribution >= 0.6 is 0 Å². The van der Waals surface area contributed by atoms with E-state index in [2.05, 4.69) is 24.8 Å². The van der Waals surface area contributed by atoms with Crippen molar-refractivity contribution >= 4 is 16.6 Å². The molecule has 1 aliphatic heterocycles. The molecule has 0 aliphatic carbocycles. The van der Waals surface area contributed by atoms with Crippen LogP contribution in [-0.2, 0) is 11.8 Å². The number of ether oxygens (including phenoxy) is 1. The molecule has 3 aromatic rings. The normalized spacial score (nSPS) is 21.0. The Morgan fingerprint density at radius 3 is 3.08 bits per heavy atom. The van der Waals surface area contributed by atoms with Crippen molar-refractivity contribution < 1.29 is 4.74 Å². The van der Waals surface area contributed by atoms with Crippen molar-refractivity contribution in [2.75, 3.05) is 18.5 Å². The summed E-state index contributed by atoms with van der Waals surface area (Å²) in [5.41, 5.74) is 2.02. The molecule has 0 bridgehead atoms. The van der Waals surface area contributed by atoms with Crippen LogP contribution < -0.4 is 5.32 Å². The van der Waals surface area contributed by atoms with E-state index in [1.54, 1.807) is 6.20 Å². The van der Waals surface area contributed by atoms with Crippen LogP contribution in [-0.4, -0.2) is 32.7 Å². The second kappa shape index (κ2) is 6.57. The van der Waals surface area contributed by atoms with Gasteiger partial charge in [-0.15, -0.1) is 0 Å². The maximum Gasteiger partial charge on any atom is 0.138 e. The zero-order chi connectivity index (χ0) is 16.4. The molecule has 4 rings (SSSR count). The zero-order valence-electron chi connectivity index (χ0n) is 13.7. The number of hydrogen-bond acceptors (Lipinski definition) is 5. The summed E-state index contributed by atoms with van der Waals surface area (Å²) in [6, 6.07) is 3.93. The van der Waals surface area contributed by atoms with Gasteiger partial charge in [-0.25, -0.2) is 4.98 Å². The highest BCUT2D eigenvalue weighted by Crippen LogP contribution is 2.33. The molecule has 1 fully saturated rings. The lowest BCUT2D eigenvalue weighted by Crippen LogP contribution is -2.30. The lowest BCUT2D eigenvalue weighted by molar-refractivity contribution is -0.0304. The highest BCUT2D eigenvalue weighted by molar-refractivity contribution is 5.90. The molecule has 0 spiro atoms. The summed E-state index contributed by atoms with van der Waals surface area (Å²) < 4.78 is 8.09. The Balaban J connectivity index is 1.54. The third kappa shape index (κ3) is 2.85. The van der Waals surface area contributed by atoms with E-state index < -0.39 is 0 Å². The highest BCUT2D eigenvalue weighted by Gasteiger charge is 2.30. The fourth-order valence-corrected chi connectivity index (χ4v) is 3.37. The summed E-state index contributed by atoms with van der Waals surface area (Å²) in [6.45, 7) is 1.64. The average Bonchev–Trinajstić information content (AvgIpc) is 3.06. The van der Waals surface area contributed by atoms with Crippen LogP contribution in [0.15, 0.2) is 43.1 Å². The molecule has 1 aliphatic rings. The molecule has 1 N–H and O–H groups in total. The molecule has 24 heavy (non-hydrogen) atoms. The number of aromatic nitrogens is 4. The average molecular weight is 323 g/mol. The summed E-state index contributed by atoms with van der Waals surface area (Å²) in [4.78, 5) is 13.1. The Labute approximate surface area is 140 Å². The molecule has 0 radical (unpaired) electrons. The molecule has 0 saturated carbocycles. The van der Waals surface area contributed by atoms with Gasteiger partial charge in [0.1, 0.15) is 11.9 Å². The lowest BCUT2D eigenvalue weighted by atomic mass is 9.93. The second-order valence-electron chi connectivity index (χ2n) is 6.22. The maximum atomic E-state index is 6.04. The topological polar surface area (TPSA) is 64.9 Å². The molecular formula is C18H21N5O. The molecule has 6 heteroatoms. The number of nitrogens with one attached hydrogen (secondary N) is 1. The van der Waals surface area contributed by atoms with Crippen molar-refractivity contribution in [3.05, 3.63) is 48.9 Å². The summed E-state index contributed by atoms with van der Waals surface area (Å²) in [6.07, 6.45) is 11.5. The first-order chi connectivity index (χ1) is 11.8. The van der Waals surface area contributed by atoms with E-state index in [9.17, 15) is 0 Å². The number of rotatable bonds is 4. The third-order valence-electron chi connectivity index (χ3n) is 4.66. The lowest BCUT2D eigenvalue weighted by Gasteiger charge is -2.31. The summed E-state index contributed by atoms with van der Waals surface area (Å²) in [5, 5.41) is 4.62. The van der Waals surface area contributed by atoms with Gasteiger partial charge in [-0.3, -0.25) is 9.97 Å². The van der Waals surface area contributed by atoms with Gasteiger partial charge in [0, 0.05) is 68.2 Å². The minimum absolute atomic E-state index is 0.0393. The number of nitrogens with zero attached hydrogens (tertiary/aromatic N) is 4. The summed E-state index contributed by atoms with van der Waals surface area (Å²) >= 11 is 0. The molecule has 1 saturated heterocycles. The second-order valence-corrected chi connectivity index (χ2v) is 6.22. The minimum Gasteiger partial charge on any atom is -0.384 e. The molecule has 124 valence electrons. The first-order valence-corrected chi connectivity index (χ1v) is 8.34. The van der Waals surface area contributed by atoms with Crippen LogP contribution in [0.1, 0.15) is 24.8 Å². The fraction of sp³-hybridized carbons (Fsp3) is 0.389. The van der Waals surface area contributed by atoms with E-state index in [1.807, 2.05) is 44.0 Å². The van der Waals surface area contributed by atoms with Crippen LogP contribution in [0.5, 0.6) is 0 Å². The number of pyridine rings is 2. The molecule has 2 atom stereocenters. The Bertz CT molecular complexity index is 826. The van der Waals surface area contributed by atoms with Gasteiger partial charge >= 0.3 is 0 Å². The van der Waals surface area contributed by atoms with Crippen molar-refractivity contribution in [2.45, 2.75) is 18.9 Å². The van der Waals surface area contributed by atoms with E-state index in [4.69, 9.17) is 4.74 Å². The molecule has 0 amide bonds. The number of imidazole rings is 1. The van der Waals surface area contributed by atoms with Crippen molar-refractivity contribution in [2.24, 2.45) is 13.0 Å². The van der Waals surface area contributed by atoms with Crippen molar-refractivity contribution in [3.8, 4) is 0 Å². The first kappa shape index (κ1) is 15.1. The standard InChI is InChI=1S/C18H21N5O/c1-23-9-8-21-18(23)17-13(3-2-10-24-17)11-22-16-5-7-20-15-4-6-19-12-14(15)16/h4-9,12-13,17H,2-3,10-11H2,1H3,(H,20,22)/t13-,17+/m0/s1. The quantitative estimate of drug-likeness (QED) is 0.800. The molecule has 0 aromatic carbocycles. The predicted molar refractivity (Wildman–Crippen MR) is 92.7 cm³/mol. The van der Waals surface area contributed by atoms with Gasteiger partial charge in [0.2, 0.25) is 0 Å². The van der Waals surface area contributed by atoms with E-state index in [-0.39, 0.29) is 6.10 Å². The summed E-state index contributed by atoms with van der Waals surface area (Å²) in [5.74, 6) is 1.39. The van der Waals surface area contributed by atoms with Crippen LogP contribution in [0.25, 0.3) is 10.9 Å². The molecule has 0 unspecified atom stereocenters. The third-order valence-corrected chi connectivity index (χ3v) is 4.66. The van der Waals surface area contributed by atoms with Gasteiger partial charge < -0.3 is 14.6 Å². The van der Waals surface area contributed by atoms with Crippen molar-refractivity contribution in [3.63, 3.8) is 0 Å². The largest absolute Gasteiger partial charge is 0.384 e. The predicted octanol–water partition coefficient (Wildman–Crippen LogP) is 2.94. The summed E-state index contributed by atoms with van der Waals surface area (Å²) in [7, 11) is 2.02. The van der Waals surface area contributed by atoms with Crippen LogP contribution in [0.2, 0.25) is 0 Å². The minimum atomic E-state index is 0.0393. The van der Waals surface area contributed by atoms with Crippen LogP contribution in [0.3, 0.4) is 0 Å². The molecule has 3 aromatic heterocycles. The van der Waals surface area contributed by atoms with Gasteiger partial charge in [-0.1, -0.05) is 0 Å². The van der Waals surface area contributed by atoms with Gasteiger partial charge in [0.05, 0.1) is 5.52 Å². The highest BCUT2D eigenvalue weighted by atomic mass is 16.5.